The minimum Gasteiger partial charge on any atom is -0.322 e. The molecule has 0 aliphatic rings. The Balaban J connectivity index is 1.80. The van der Waals surface area contributed by atoms with Gasteiger partial charge in [0.25, 0.3) is 0 Å². The first-order valence-electron chi connectivity index (χ1n) is 7.28. The van der Waals surface area contributed by atoms with Crippen LogP contribution < -0.4 is 5.32 Å². The zero-order valence-corrected chi connectivity index (χ0v) is 14.5. The Morgan fingerprint density at radius 3 is 2.70 bits per heavy atom. The van der Waals surface area contributed by atoms with Gasteiger partial charge in [0.05, 0.1) is 5.02 Å². The van der Waals surface area contributed by atoms with E-state index < -0.39 is 0 Å². The Hall–Kier alpha value is -2.10. The monoisotopic (exact) mass is 341 g/mol. The molecule has 0 fully saturated rings. The fourth-order valence-electron chi connectivity index (χ4n) is 2.35. The van der Waals surface area contributed by atoms with Crippen molar-refractivity contribution in [2.75, 3.05) is 5.32 Å². The van der Waals surface area contributed by atoms with E-state index in [-0.39, 0.29) is 5.91 Å². The van der Waals surface area contributed by atoms with Crippen LogP contribution in [0.25, 0.3) is 16.2 Å². The van der Waals surface area contributed by atoms with Crippen LogP contribution in [0.15, 0.2) is 48.5 Å². The number of fused-ring (bicyclic) bond motifs is 1. The molecule has 3 aromatic rings. The molecule has 1 aromatic heterocycles. The van der Waals surface area contributed by atoms with Gasteiger partial charge in [-0.3, -0.25) is 4.79 Å². The Kier molecular flexibility index (Phi) is 4.51. The molecule has 23 heavy (non-hydrogen) atoms. The maximum atomic E-state index is 12.1. The molecular weight excluding hydrogens is 326 g/mol. The Bertz CT molecular complexity index is 911. The van der Waals surface area contributed by atoms with Crippen LogP contribution in [0.2, 0.25) is 5.02 Å². The molecule has 116 valence electrons. The molecule has 2 nitrogen and oxygen atoms in total. The highest BCUT2D eigenvalue weighted by Crippen LogP contribution is 2.35. The number of hydrogen-bond acceptors (Lipinski definition) is 2. The first-order valence-corrected chi connectivity index (χ1v) is 8.48. The molecule has 0 atom stereocenters. The molecule has 2 aromatic carbocycles. The lowest BCUT2D eigenvalue weighted by molar-refractivity contribution is -0.111. The smallest absolute Gasteiger partial charge is 0.248 e. The lowest BCUT2D eigenvalue weighted by Gasteiger charge is -2.08. The highest BCUT2D eigenvalue weighted by Gasteiger charge is 2.08. The van der Waals surface area contributed by atoms with Gasteiger partial charge in [-0.1, -0.05) is 41.9 Å². The van der Waals surface area contributed by atoms with Gasteiger partial charge >= 0.3 is 0 Å². The van der Waals surface area contributed by atoms with Gasteiger partial charge in [-0.25, -0.2) is 0 Å². The van der Waals surface area contributed by atoms with E-state index in [0.717, 1.165) is 31.8 Å². The highest BCUT2D eigenvalue weighted by atomic mass is 35.5. The number of nitrogens with one attached hydrogen (secondary N) is 1. The predicted molar refractivity (Wildman–Crippen MR) is 100 cm³/mol. The summed E-state index contributed by atoms with van der Waals surface area (Å²) < 4.78 is 1.12. The summed E-state index contributed by atoms with van der Waals surface area (Å²) in [5, 5.41) is 4.63. The molecule has 1 N–H and O–H groups in total. The molecular formula is C19H16ClNOS. The van der Waals surface area contributed by atoms with Gasteiger partial charge in [0, 0.05) is 26.7 Å². The van der Waals surface area contributed by atoms with Crippen LogP contribution in [0, 0.1) is 13.8 Å². The number of aryl methyl sites for hydroxylation is 1. The molecule has 0 aliphatic heterocycles. The van der Waals surface area contributed by atoms with Crippen LogP contribution in [0.5, 0.6) is 0 Å². The molecule has 0 unspecified atom stereocenters. The number of anilines is 1. The SMILES string of the molecule is Cc1cccc(NC(=O)/C=C/c2sc3ccccc3c2Cl)c1C. The number of amides is 1. The van der Waals surface area contributed by atoms with E-state index in [0.29, 0.717) is 5.02 Å². The van der Waals surface area contributed by atoms with E-state index in [1.165, 1.54) is 6.08 Å². The largest absolute Gasteiger partial charge is 0.322 e. The van der Waals surface area contributed by atoms with Crippen molar-refractivity contribution in [3.8, 4) is 0 Å². The molecule has 0 spiro atoms. The van der Waals surface area contributed by atoms with Crippen molar-refractivity contribution in [1.29, 1.82) is 0 Å². The average molecular weight is 342 g/mol. The van der Waals surface area contributed by atoms with Gasteiger partial charge in [0.15, 0.2) is 0 Å². The third-order valence-corrected chi connectivity index (χ3v) is 5.46. The summed E-state index contributed by atoms with van der Waals surface area (Å²) >= 11 is 7.95. The summed E-state index contributed by atoms with van der Waals surface area (Å²) in [6.07, 6.45) is 3.30. The zero-order chi connectivity index (χ0) is 16.4. The Labute approximate surface area is 144 Å². The van der Waals surface area contributed by atoms with Crippen molar-refractivity contribution in [2.45, 2.75) is 13.8 Å². The zero-order valence-electron chi connectivity index (χ0n) is 12.9. The van der Waals surface area contributed by atoms with Gasteiger partial charge in [-0.2, -0.15) is 0 Å². The molecule has 0 saturated carbocycles. The van der Waals surface area contributed by atoms with Crippen molar-refractivity contribution in [1.82, 2.24) is 0 Å². The fraction of sp³-hybridized carbons (Fsp3) is 0.105. The molecule has 0 aliphatic carbocycles. The molecule has 0 saturated heterocycles. The van der Waals surface area contributed by atoms with Crippen LogP contribution in [-0.2, 0) is 4.79 Å². The number of benzene rings is 2. The average Bonchev–Trinajstić information content (AvgIpc) is 2.87. The highest BCUT2D eigenvalue weighted by molar-refractivity contribution is 7.20. The molecule has 1 amide bonds. The normalized spacial score (nSPS) is 11.3. The van der Waals surface area contributed by atoms with Crippen molar-refractivity contribution < 1.29 is 4.79 Å². The van der Waals surface area contributed by atoms with Crippen LogP contribution >= 0.6 is 22.9 Å². The summed E-state index contributed by atoms with van der Waals surface area (Å²) in [4.78, 5) is 13.0. The van der Waals surface area contributed by atoms with Gasteiger partial charge in [0.2, 0.25) is 5.91 Å². The van der Waals surface area contributed by atoms with Crippen molar-refractivity contribution >= 4 is 50.7 Å². The third kappa shape index (κ3) is 3.31. The minimum absolute atomic E-state index is 0.160. The van der Waals surface area contributed by atoms with Crippen LogP contribution in [0.1, 0.15) is 16.0 Å². The number of rotatable bonds is 3. The second kappa shape index (κ2) is 6.57. The van der Waals surface area contributed by atoms with Gasteiger partial charge in [-0.15, -0.1) is 11.3 Å². The quantitative estimate of drug-likeness (QED) is 0.597. The molecule has 3 rings (SSSR count). The van der Waals surface area contributed by atoms with Gasteiger partial charge in [0.1, 0.15) is 0 Å². The Morgan fingerprint density at radius 2 is 1.91 bits per heavy atom. The number of halogens is 1. The molecule has 1 heterocycles. The summed E-state index contributed by atoms with van der Waals surface area (Å²) in [5.41, 5.74) is 3.07. The van der Waals surface area contributed by atoms with E-state index in [1.54, 1.807) is 17.4 Å². The summed E-state index contributed by atoms with van der Waals surface area (Å²) in [6, 6.07) is 13.8. The number of carbonyl (C=O) groups excluding carboxylic acids is 1. The summed E-state index contributed by atoms with van der Waals surface area (Å²) in [5.74, 6) is -0.160. The van der Waals surface area contributed by atoms with E-state index in [4.69, 9.17) is 11.6 Å². The van der Waals surface area contributed by atoms with Crippen molar-refractivity contribution in [3.05, 3.63) is 69.6 Å². The predicted octanol–water partition coefficient (Wildman–Crippen LogP) is 5.82. The van der Waals surface area contributed by atoms with Crippen LogP contribution in [0.3, 0.4) is 0 Å². The van der Waals surface area contributed by atoms with E-state index in [9.17, 15) is 4.79 Å². The topological polar surface area (TPSA) is 29.1 Å². The lowest BCUT2D eigenvalue weighted by Crippen LogP contribution is -2.09. The first-order chi connectivity index (χ1) is 11.1. The van der Waals surface area contributed by atoms with Gasteiger partial charge in [-0.05, 0) is 43.2 Å². The number of carbonyl (C=O) groups is 1. The maximum absolute atomic E-state index is 12.1. The molecule has 0 bridgehead atoms. The van der Waals surface area contributed by atoms with Crippen LogP contribution in [0.4, 0.5) is 5.69 Å². The molecule has 0 radical (unpaired) electrons. The second-order valence-corrected chi connectivity index (χ2v) is 6.81. The van der Waals surface area contributed by atoms with Crippen molar-refractivity contribution in [2.24, 2.45) is 0 Å². The lowest BCUT2D eigenvalue weighted by atomic mass is 10.1. The van der Waals surface area contributed by atoms with E-state index in [1.807, 2.05) is 56.3 Å². The Morgan fingerprint density at radius 1 is 1.13 bits per heavy atom. The fourth-order valence-corrected chi connectivity index (χ4v) is 3.75. The maximum Gasteiger partial charge on any atom is 0.248 e. The second-order valence-electron chi connectivity index (χ2n) is 5.35. The standard InChI is InChI=1S/C19H16ClNOS/c1-12-6-5-8-15(13(12)2)21-18(22)11-10-17-19(20)14-7-3-4-9-16(14)23-17/h3-11H,1-2H3,(H,21,22)/b11-10+. The van der Waals surface area contributed by atoms with Crippen LogP contribution in [-0.4, -0.2) is 5.91 Å². The van der Waals surface area contributed by atoms with E-state index >= 15 is 0 Å². The van der Waals surface area contributed by atoms with E-state index in [2.05, 4.69) is 5.32 Å². The first kappa shape index (κ1) is 15.8. The minimum atomic E-state index is -0.160. The summed E-state index contributed by atoms with van der Waals surface area (Å²) in [6.45, 7) is 4.02. The van der Waals surface area contributed by atoms with Gasteiger partial charge < -0.3 is 5.32 Å². The van der Waals surface area contributed by atoms with Crippen molar-refractivity contribution in [3.63, 3.8) is 0 Å². The third-order valence-electron chi connectivity index (χ3n) is 3.81. The molecule has 4 heteroatoms. The summed E-state index contributed by atoms with van der Waals surface area (Å²) in [7, 11) is 0. The number of hydrogen-bond donors (Lipinski definition) is 1. The number of thiophene rings is 1.